The zero-order valence-electron chi connectivity index (χ0n) is 59.6. The Balaban J connectivity index is 1.38. The second-order valence-electron chi connectivity index (χ2n) is 25.9. The number of esters is 6. The summed E-state index contributed by atoms with van der Waals surface area (Å²) in [6, 6.07) is 9.17. The molecule has 3 saturated heterocycles. The number of ether oxygens (including phenoxy) is 15. The molecule has 1 aromatic rings. The Morgan fingerprint density at radius 2 is 0.847 bits per heavy atom. The van der Waals surface area contributed by atoms with Crippen LogP contribution in [0.1, 0.15) is 159 Å². The van der Waals surface area contributed by atoms with Crippen molar-refractivity contribution in [1.29, 1.82) is 0 Å². The third-order valence-corrected chi connectivity index (χ3v) is 17.9. The SMILES string of the molecule is CC(=O)OCC1O[C@@H](OCCCNC(=O)CCOCC(COCCC(=O)CCCCO[C@@H]2OC(COC(C)=O)[C@H](OC(C)=O)[C@H](OC(C)=O)C2C)(COCCC(=O)NCCCO[C@@H]2OC(COC(C)=O)[C@H](C)[C@H](C)C2C)NC(=O)CCCC(=O)OCc2ccccc2)C(C)[C@@H](C)[C@H]1C. The lowest BCUT2D eigenvalue weighted by atomic mass is 9.79. The number of ketones is 1. The number of carbonyl (C=O) groups is 10. The van der Waals surface area contributed by atoms with Crippen molar-refractivity contribution in [1.82, 2.24) is 16.0 Å². The number of hydrogen-bond donors (Lipinski definition) is 3. The molecule has 15 atom stereocenters. The zero-order valence-corrected chi connectivity index (χ0v) is 59.6. The van der Waals surface area contributed by atoms with Gasteiger partial charge in [0.1, 0.15) is 50.0 Å². The van der Waals surface area contributed by atoms with E-state index in [4.69, 9.17) is 71.1 Å². The van der Waals surface area contributed by atoms with Gasteiger partial charge in [-0.25, -0.2) is 0 Å². The summed E-state index contributed by atoms with van der Waals surface area (Å²) in [5.74, 6) is -4.12. The highest BCUT2D eigenvalue weighted by atomic mass is 16.7. The maximum absolute atomic E-state index is 13.9. The normalized spacial score (nSPS) is 25.9. The maximum Gasteiger partial charge on any atom is 0.306 e. The first-order valence-corrected chi connectivity index (χ1v) is 34.5. The summed E-state index contributed by atoms with van der Waals surface area (Å²) in [4.78, 5) is 125. The largest absolute Gasteiger partial charge is 0.463 e. The Morgan fingerprint density at radius 3 is 1.33 bits per heavy atom. The minimum Gasteiger partial charge on any atom is -0.463 e. The van der Waals surface area contributed by atoms with Crippen LogP contribution in [0.3, 0.4) is 0 Å². The number of rotatable bonds is 46. The van der Waals surface area contributed by atoms with Crippen molar-refractivity contribution in [2.75, 3.05) is 92.4 Å². The van der Waals surface area contributed by atoms with Crippen LogP contribution in [0.5, 0.6) is 0 Å². The molecule has 3 N–H and O–H groups in total. The van der Waals surface area contributed by atoms with Crippen LogP contribution in [0.25, 0.3) is 0 Å². The average Bonchev–Trinajstić information content (AvgIpc) is 0.894. The van der Waals surface area contributed by atoms with Gasteiger partial charge >= 0.3 is 35.8 Å². The van der Waals surface area contributed by atoms with Crippen LogP contribution >= 0.6 is 0 Å². The van der Waals surface area contributed by atoms with Gasteiger partial charge in [-0.15, -0.1) is 0 Å². The van der Waals surface area contributed by atoms with E-state index in [9.17, 15) is 47.9 Å². The zero-order chi connectivity index (χ0) is 72.2. The summed E-state index contributed by atoms with van der Waals surface area (Å²) < 4.78 is 87.3. The molecule has 28 heteroatoms. The van der Waals surface area contributed by atoms with Crippen LogP contribution in [0.2, 0.25) is 0 Å². The minimum atomic E-state index is -1.44. The van der Waals surface area contributed by atoms with Crippen LogP contribution in [-0.4, -0.2) is 207 Å². The Kier molecular flexibility index (Phi) is 39.1. The summed E-state index contributed by atoms with van der Waals surface area (Å²) in [6.45, 7) is 20.8. The quantitative estimate of drug-likeness (QED) is 0.0385. The van der Waals surface area contributed by atoms with Crippen molar-refractivity contribution in [3.63, 3.8) is 0 Å². The first-order chi connectivity index (χ1) is 46.7. The van der Waals surface area contributed by atoms with Crippen molar-refractivity contribution in [3.05, 3.63) is 35.9 Å². The number of nitrogens with one attached hydrogen (secondary N) is 3. The number of carbonyl (C=O) groups excluding carboxylic acids is 10. The highest BCUT2D eigenvalue weighted by Crippen LogP contribution is 2.37. The summed E-state index contributed by atoms with van der Waals surface area (Å²) >= 11 is 0. The van der Waals surface area contributed by atoms with Gasteiger partial charge in [0.05, 0.1) is 65.1 Å². The van der Waals surface area contributed by atoms with Gasteiger partial charge in [0, 0.05) is 111 Å². The molecule has 556 valence electrons. The lowest BCUT2D eigenvalue weighted by molar-refractivity contribution is -0.288. The monoisotopic (exact) mass is 1390 g/mol. The molecule has 1 aromatic carbocycles. The Labute approximate surface area is 577 Å². The molecule has 4 rings (SSSR count). The van der Waals surface area contributed by atoms with Gasteiger partial charge in [-0.05, 0) is 61.3 Å². The number of hydrogen-bond acceptors (Lipinski definition) is 25. The summed E-state index contributed by atoms with van der Waals surface area (Å²) in [5, 5.41) is 8.76. The highest BCUT2D eigenvalue weighted by molar-refractivity contribution is 5.79. The number of amides is 3. The third kappa shape index (κ3) is 32.0. The van der Waals surface area contributed by atoms with Crippen LogP contribution in [0, 0.1) is 41.4 Å². The molecule has 98 heavy (non-hydrogen) atoms. The molecule has 0 saturated carbocycles. The van der Waals surface area contributed by atoms with E-state index in [0.29, 0.717) is 52.0 Å². The number of benzene rings is 1. The molecule has 3 heterocycles. The molecule has 3 aliphatic rings. The fraction of sp³-hybridized carbons (Fsp3) is 0.771. The Bertz CT molecular complexity index is 2530. The molecule has 0 spiro atoms. The van der Waals surface area contributed by atoms with Gasteiger partial charge in [0.25, 0.3) is 0 Å². The van der Waals surface area contributed by atoms with Crippen molar-refractivity contribution in [2.45, 2.75) is 215 Å². The fourth-order valence-corrected chi connectivity index (χ4v) is 11.4. The highest BCUT2D eigenvalue weighted by Gasteiger charge is 2.49. The molecule has 6 unspecified atom stereocenters. The second-order valence-corrected chi connectivity index (χ2v) is 25.9. The topological polar surface area (TPSA) is 345 Å². The average molecular weight is 1390 g/mol. The Hall–Kier alpha value is -6.24. The van der Waals surface area contributed by atoms with Gasteiger partial charge in [0.2, 0.25) is 17.7 Å². The van der Waals surface area contributed by atoms with E-state index in [1.807, 2.05) is 44.2 Å². The van der Waals surface area contributed by atoms with E-state index in [1.54, 1.807) is 6.92 Å². The van der Waals surface area contributed by atoms with Crippen molar-refractivity contribution in [2.24, 2.45) is 41.4 Å². The maximum atomic E-state index is 13.9. The lowest BCUT2D eigenvalue weighted by Crippen LogP contribution is -2.58. The molecule has 3 fully saturated rings. The van der Waals surface area contributed by atoms with E-state index in [0.717, 1.165) is 5.56 Å². The first kappa shape index (κ1) is 84.2. The molecule has 28 nitrogen and oxygen atoms in total. The van der Waals surface area contributed by atoms with E-state index >= 15 is 0 Å². The van der Waals surface area contributed by atoms with Crippen LogP contribution < -0.4 is 16.0 Å². The standard InChI is InChI=1S/C70H111N3O25/c1-44-46(3)58(38-90-51(8)74)96-67(48(44)5)88-32-19-29-71-61(80)27-35-85-42-70(73-63(82)24-18-25-64(83)93-37-56-21-14-13-15-22-56,43-86-36-28-62(81)72-30-20-33-89-68-49(6)45(2)47(4)59(97-68)39-91-52(9)75)41-84-34-26-57(79)23-16-17-31-87-69-50(7)65(94-54(11)77)66(95-55(12)78)60(98-69)40-92-53(10)76/h13-15,21-22,44-50,58-60,65-69H,16-20,23-43H2,1-12H3,(H,71,80)(H,72,81)(H,73,82)/t44-,45-,46+,47+,48?,49?,50?,58?,59?,60?,65+,66-,67+,68+,69+,70?/m0/s1. The summed E-state index contributed by atoms with van der Waals surface area (Å²) in [5.41, 5.74) is -0.632. The van der Waals surface area contributed by atoms with E-state index in [2.05, 4.69) is 43.6 Å². The van der Waals surface area contributed by atoms with E-state index < -0.39 is 78.4 Å². The number of unbranched alkanes of at least 4 members (excludes halogenated alkanes) is 1. The Morgan fingerprint density at radius 1 is 0.408 bits per heavy atom. The van der Waals surface area contributed by atoms with Gasteiger partial charge in [-0.1, -0.05) is 78.8 Å². The number of Topliss-reactive ketones (excluding diaryl/α,β-unsaturated/α-hetero) is 1. The van der Waals surface area contributed by atoms with Crippen LogP contribution in [0.15, 0.2) is 30.3 Å². The molecule has 0 bridgehead atoms. The van der Waals surface area contributed by atoms with Gasteiger partial charge in [-0.2, -0.15) is 0 Å². The van der Waals surface area contributed by atoms with Gasteiger partial charge in [0.15, 0.2) is 25.0 Å². The molecule has 0 aliphatic carbocycles. The predicted molar refractivity (Wildman–Crippen MR) is 350 cm³/mol. The van der Waals surface area contributed by atoms with Crippen molar-refractivity contribution < 1.29 is 119 Å². The van der Waals surface area contributed by atoms with Crippen LogP contribution in [0.4, 0.5) is 0 Å². The van der Waals surface area contributed by atoms with Gasteiger partial charge < -0.3 is 87.0 Å². The molecule has 3 aliphatic heterocycles. The fourth-order valence-electron chi connectivity index (χ4n) is 11.4. The molecule has 0 aromatic heterocycles. The third-order valence-electron chi connectivity index (χ3n) is 17.9. The molecule has 0 radical (unpaired) electrons. The van der Waals surface area contributed by atoms with Gasteiger partial charge in [-0.3, -0.25) is 47.9 Å². The summed E-state index contributed by atoms with van der Waals surface area (Å²) in [7, 11) is 0. The first-order valence-electron chi connectivity index (χ1n) is 34.5. The second kappa shape index (κ2) is 45.5. The minimum absolute atomic E-state index is 0.0143. The van der Waals surface area contributed by atoms with E-state index in [1.165, 1.54) is 34.6 Å². The van der Waals surface area contributed by atoms with Crippen LogP contribution in [-0.2, 0) is 126 Å². The van der Waals surface area contributed by atoms with Crippen molar-refractivity contribution in [3.8, 4) is 0 Å². The van der Waals surface area contributed by atoms with E-state index in [-0.39, 0.29) is 195 Å². The smallest absolute Gasteiger partial charge is 0.306 e. The molecule has 3 amide bonds. The molecular formula is C70H111N3O25. The summed E-state index contributed by atoms with van der Waals surface area (Å²) in [6.07, 6.45) is -3.96. The lowest BCUT2D eigenvalue weighted by Gasteiger charge is -2.43. The predicted octanol–water partition coefficient (Wildman–Crippen LogP) is 5.96. The molecular weight excluding hydrogens is 1280 g/mol. The van der Waals surface area contributed by atoms with Crippen molar-refractivity contribution >= 4 is 59.3 Å².